The van der Waals surface area contributed by atoms with Crippen molar-refractivity contribution < 1.29 is 13.2 Å². The quantitative estimate of drug-likeness (QED) is 0.854. The molecule has 0 aliphatic carbocycles. The van der Waals surface area contributed by atoms with Gasteiger partial charge in [-0.15, -0.1) is 11.3 Å². The van der Waals surface area contributed by atoms with Crippen molar-refractivity contribution in [3.8, 4) is 0 Å². The molecular formula is C14H17N3O3S2. The van der Waals surface area contributed by atoms with Crippen LogP contribution < -0.4 is 0 Å². The minimum atomic E-state index is -3.45. The van der Waals surface area contributed by atoms with E-state index in [1.165, 1.54) is 15.6 Å². The van der Waals surface area contributed by atoms with Gasteiger partial charge in [0.2, 0.25) is 0 Å². The highest BCUT2D eigenvalue weighted by Gasteiger charge is 2.32. The maximum Gasteiger partial charge on any atom is 0.252 e. The average molecular weight is 339 g/mol. The summed E-state index contributed by atoms with van der Waals surface area (Å²) in [5.74, 6) is 0.664. The van der Waals surface area contributed by atoms with Crippen LogP contribution in [0.4, 0.5) is 0 Å². The van der Waals surface area contributed by atoms with Gasteiger partial charge in [-0.2, -0.15) is 4.31 Å². The molecule has 118 valence electrons. The highest BCUT2D eigenvalue weighted by molar-refractivity contribution is 7.91. The van der Waals surface area contributed by atoms with Crippen molar-refractivity contribution in [1.82, 2.24) is 14.3 Å². The minimum absolute atomic E-state index is 0.274. The number of aryl methyl sites for hydroxylation is 2. The fourth-order valence-corrected chi connectivity index (χ4v) is 5.04. The summed E-state index contributed by atoms with van der Waals surface area (Å²) in [5.41, 5.74) is 1.58. The van der Waals surface area contributed by atoms with Crippen molar-refractivity contribution in [3.05, 3.63) is 40.8 Å². The smallest absolute Gasteiger partial charge is 0.252 e. The topological polar surface area (TPSA) is 72.4 Å². The first-order valence-corrected chi connectivity index (χ1v) is 9.26. The maximum absolute atomic E-state index is 12.6. The van der Waals surface area contributed by atoms with Crippen LogP contribution in [0.5, 0.6) is 0 Å². The number of sulfonamides is 1. The number of aromatic nitrogens is 2. The molecule has 1 saturated heterocycles. The average Bonchev–Trinajstić information content (AvgIpc) is 3.01. The molecule has 0 spiro atoms. The van der Waals surface area contributed by atoms with E-state index in [2.05, 4.69) is 9.97 Å². The Labute approximate surface area is 133 Å². The molecule has 2 aromatic rings. The van der Waals surface area contributed by atoms with Crippen LogP contribution in [0.3, 0.4) is 0 Å². The predicted octanol–water partition coefficient (Wildman–Crippen LogP) is 1.92. The lowest BCUT2D eigenvalue weighted by Gasteiger charge is -2.31. The van der Waals surface area contributed by atoms with Crippen LogP contribution in [0.25, 0.3) is 0 Å². The Morgan fingerprint density at radius 2 is 2.18 bits per heavy atom. The van der Waals surface area contributed by atoms with Crippen molar-refractivity contribution in [3.63, 3.8) is 0 Å². The Balaban J connectivity index is 1.86. The summed E-state index contributed by atoms with van der Waals surface area (Å²) < 4.78 is 32.8. The maximum atomic E-state index is 12.6. The lowest BCUT2D eigenvalue weighted by molar-refractivity contribution is -0.00507. The lowest BCUT2D eigenvalue weighted by atomic mass is 10.2. The molecule has 0 amide bonds. The standard InChI is InChI=1S/C14H17N3O3S2/c1-10-8-12(16-11(2)15-10)13-9-17(5-6-20-13)22(18,19)14-4-3-7-21-14/h3-4,7-8,13H,5-6,9H2,1-2H3. The first-order chi connectivity index (χ1) is 10.5. The Morgan fingerprint density at radius 1 is 1.36 bits per heavy atom. The number of thiophene rings is 1. The first-order valence-electron chi connectivity index (χ1n) is 6.94. The van der Waals surface area contributed by atoms with Crippen molar-refractivity contribution in [2.24, 2.45) is 0 Å². The number of rotatable bonds is 3. The summed E-state index contributed by atoms with van der Waals surface area (Å²) in [6.07, 6.45) is -0.358. The highest BCUT2D eigenvalue weighted by atomic mass is 32.2. The molecule has 1 unspecified atom stereocenters. The van der Waals surface area contributed by atoms with E-state index in [-0.39, 0.29) is 12.6 Å². The molecule has 1 aliphatic heterocycles. The van der Waals surface area contributed by atoms with Crippen LogP contribution in [0.1, 0.15) is 23.3 Å². The Bertz CT molecular complexity index is 739. The monoisotopic (exact) mass is 339 g/mol. The van der Waals surface area contributed by atoms with Crippen molar-refractivity contribution >= 4 is 21.4 Å². The lowest BCUT2D eigenvalue weighted by Crippen LogP contribution is -2.42. The normalized spacial score (nSPS) is 20.2. The van der Waals surface area contributed by atoms with Crippen LogP contribution in [-0.2, 0) is 14.8 Å². The summed E-state index contributed by atoms with van der Waals surface area (Å²) in [4.78, 5) is 8.62. The van der Waals surface area contributed by atoms with Crippen LogP contribution in [0.2, 0.25) is 0 Å². The van der Waals surface area contributed by atoms with Gasteiger partial charge in [0.15, 0.2) is 0 Å². The molecule has 3 rings (SSSR count). The second kappa shape index (κ2) is 6.04. The highest BCUT2D eigenvalue weighted by Crippen LogP contribution is 2.27. The number of ether oxygens (including phenoxy) is 1. The first kappa shape index (κ1) is 15.5. The number of morpholine rings is 1. The molecule has 1 fully saturated rings. The van der Waals surface area contributed by atoms with Crippen LogP contribution in [-0.4, -0.2) is 42.4 Å². The van der Waals surface area contributed by atoms with Gasteiger partial charge in [0.05, 0.1) is 12.3 Å². The predicted molar refractivity (Wildman–Crippen MR) is 83.3 cm³/mol. The van der Waals surface area contributed by atoms with Gasteiger partial charge in [0.1, 0.15) is 16.1 Å². The minimum Gasteiger partial charge on any atom is -0.369 e. The number of nitrogens with zero attached hydrogens (tertiary/aromatic N) is 3. The molecule has 2 aromatic heterocycles. The fourth-order valence-electron chi connectivity index (χ4n) is 2.47. The Morgan fingerprint density at radius 3 is 2.86 bits per heavy atom. The SMILES string of the molecule is Cc1cc(C2CN(S(=O)(=O)c3cccs3)CCO2)nc(C)n1. The second-order valence-electron chi connectivity index (χ2n) is 5.14. The molecule has 0 aromatic carbocycles. The van der Waals surface area contributed by atoms with Crippen molar-refractivity contribution in [2.75, 3.05) is 19.7 Å². The molecule has 0 radical (unpaired) electrons. The third-order valence-corrected chi connectivity index (χ3v) is 6.67. The molecule has 0 N–H and O–H groups in total. The number of hydrogen-bond donors (Lipinski definition) is 0. The van der Waals surface area contributed by atoms with E-state index in [9.17, 15) is 8.42 Å². The van der Waals surface area contributed by atoms with E-state index in [1.54, 1.807) is 17.5 Å². The summed E-state index contributed by atoms with van der Waals surface area (Å²) in [5, 5.41) is 1.77. The molecule has 0 bridgehead atoms. The van der Waals surface area contributed by atoms with E-state index in [4.69, 9.17) is 4.74 Å². The van der Waals surface area contributed by atoms with E-state index >= 15 is 0 Å². The summed E-state index contributed by atoms with van der Waals surface area (Å²) >= 11 is 1.23. The van der Waals surface area contributed by atoms with Gasteiger partial charge < -0.3 is 4.74 Å². The third-order valence-electron chi connectivity index (χ3n) is 3.43. The van der Waals surface area contributed by atoms with E-state index in [0.717, 1.165) is 11.4 Å². The summed E-state index contributed by atoms with van der Waals surface area (Å²) in [6, 6.07) is 5.22. The zero-order chi connectivity index (χ0) is 15.7. The molecule has 22 heavy (non-hydrogen) atoms. The molecule has 1 aliphatic rings. The molecular weight excluding hydrogens is 322 g/mol. The zero-order valence-corrected chi connectivity index (χ0v) is 14.0. The Hall–Kier alpha value is -1.35. The van der Waals surface area contributed by atoms with E-state index < -0.39 is 10.0 Å². The Kier molecular flexibility index (Phi) is 4.26. The molecule has 8 heteroatoms. The van der Waals surface area contributed by atoms with Gasteiger partial charge in [0, 0.05) is 18.8 Å². The van der Waals surface area contributed by atoms with Gasteiger partial charge in [-0.3, -0.25) is 0 Å². The van der Waals surface area contributed by atoms with Crippen LogP contribution >= 0.6 is 11.3 Å². The number of hydrogen-bond acceptors (Lipinski definition) is 6. The van der Waals surface area contributed by atoms with Crippen LogP contribution in [0, 0.1) is 13.8 Å². The van der Waals surface area contributed by atoms with Crippen molar-refractivity contribution in [1.29, 1.82) is 0 Å². The molecule has 0 saturated carbocycles. The van der Waals surface area contributed by atoms with Gasteiger partial charge in [-0.1, -0.05) is 6.07 Å². The van der Waals surface area contributed by atoms with Gasteiger partial charge in [-0.05, 0) is 31.4 Å². The molecule has 6 nitrogen and oxygen atoms in total. The van der Waals surface area contributed by atoms with Gasteiger partial charge in [0.25, 0.3) is 10.0 Å². The zero-order valence-electron chi connectivity index (χ0n) is 12.4. The largest absolute Gasteiger partial charge is 0.369 e. The summed E-state index contributed by atoms with van der Waals surface area (Å²) in [7, 11) is -3.45. The van der Waals surface area contributed by atoms with Crippen molar-refractivity contribution in [2.45, 2.75) is 24.2 Å². The summed E-state index contributed by atoms with van der Waals surface area (Å²) in [6.45, 7) is 4.70. The second-order valence-corrected chi connectivity index (χ2v) is 8.25. The van der Waals surface area contributed by atoms with E-state index in [0.29, 0.717) is 23.2 Å². The molecule has 1 atom stereocenters. The third kappa shape index (κ3) is 3.05. The van der Waals surface area contributed by atoms with Gasteiger partial charge in [-0.25, -0.2) is 18.4 Å². The van der Waals surface area contributed by atoms with E-state index in [1.807, 2.05) is 19.9 Å². The van der Waals surface area contributed by atoms with Crippen LogP contribution in [0.15, 0.2) is 27.8 Å². The molecule has 3 heterocycles. The fraction of sp³-hybridized carbons (Fsp3) is 0.429. The van der Waals surface area contributed by atoms with Gasteiger partial charge >= 0.3 is 0 Å².